The van der Waals surface area contributed by atoms with Gasteiger partial charge in [0.05, 0.1) is 36.8 Å². The first-order valence-electron chi connectivity index (χ1n) is 8.26. The standard InChI is InChI=1S/C20H17N3O3/c1-26-18-9-5-3-6-15(18)13-10-14(21-11-13)12-23-19(24)16-7-2-4-8-17(16)22-20(23)25/h2-10H,11-12H2,1H3,(H,22,25). The molecule has 0 fully saturated rings. The number of aliphatic imine (C=N–C) groups is 1. The van der Waals surface area contributed by atoms with Gasteiger partial charge >= 0.3 is 5.69 Å². The Morgan fingerprint density at radius 1 is 1.12 bits per heavy atom. The van der Waals surface area contributed by atoms with Crippen LogP contribution in [0.1, 0.15) is 5.56 Å². The van der Waals surface area contributed by atoms with Crippen LogP contribution in [0.5, 0.6) is 5.75 Å². The van der Waals surface area contributed by atoms with Crippen molar-refractivity contribution in [2.75, 3.05) is 13.7 Å². The van der Waals surface area contributed by atoms with Crippen LogP contribution in [0.25, 0.3) is 16.5 Å². The molecule has 6 nitrogen and oxygen atoms in total. The van der Waals surface area contributed by atoms with Crippen molar-refractivity contribution in [3.05, 3.63) is 81.0 Å². The van der Waals surface area contributed by atoms with Gasteiger partial charge in [-0.05, 0) is 29.8 Å². The third-order valence-electron chi connectivity index (χ3n) is 4.46. The summed E-state index contributed by atoms with van der Waals surface area (Å²) in [6.07, 6.45) is 1.92. The van der Waals surface area contributed by atoms with E-state index in [0.29, 0.717) is 23.2 Å². The average Bonchev–Trinajstić information content (AvgIpc) is 3.13. The molecule has 1 aliphatic heterocycles. The molecular weight excluding hydrogens is 330 g/mol. The fraction of sp³-hybridized carbons (Fsp3) is 0.150. The first-order chi connectivity index (χ1) is 12.7. The van der Waals surface area contributed by atoms with Gasteiger partial charge in [-0.2, -0.15) is 0 Å². The van der Waals surface area contributed by atoms with Crippen LogP contribution in [0.3, 0.4) is 0 Å². The molecular formula is C20H17N3O3. The topological polar surface area (TPSA) is 76.5 Å². The highest BCUT2D eigenvalue weighted by atomic mass is 16.5. The predicted octanol–water partition coefficient (Wildman–Crippen LogP) is 2.24. The molecule has 2 heterocycles. The summed E-state index contributed by atoms with van der Waals surface area (Å²) >= 11 is 0. The number of methoxy groups -OCH3 is 1. The van der Waals surface area contributed by atoms with E-state index in [-0.39, 0.29) is 12.1 Å². The van der Waals surface area contributed by atoms with Crippen molar-refractivity contribution in [2.24, 2.45) is 4.99 Å². The van der Waals surface area contributed by atoms with Gasteiger partial charge in [0.25, 0.3) is 5.56 Å². The summed E-state index contributed by atoms with van der Waals surface area (Å²) in [7, 11) is 1.63. The van der Waals surface area contributed by atoms with Crippen molar-refractivity contribution < 1.29 is 4.74 Å². The van der Waals surface area contributed by atoms with Crippen molar-refractivity contribution in [1.29, 1.82) is 0 Å². The van der Waals surface area contributed by atoms with Crippen LogP contribution in [0.2, 0.25) is 0 Å². The van der Waals surface area contributed by atoms with Crippen molar-refractivity contribution >= 4 is 22.2 Å². The number of benzene rings is 2. The Morgan fingerprint density at radius 2 is 1.88 bits per heavy atom. The lowest BCUT2D eigenvalue weighted by Gasteiger charge is -2.07. The second kappa shape index (κ2) is 6.48. The van der Waals surface area contributed by atoms with Gasteiger partial charge in [-0.15, -0.1) is 0 Å². The van der Waals surface area contributed by atoms with E-state index in [0.717, 1.165) is 16.9 Å². The van der Waals surface area contributed by atoms with E-state index >= 15 is 0 Å². The summed E-state index contributed by atoms with van der Waals surface area (Å²) in [5.41, 5.74) is 2.45. The fourth-order valence-electron chi connectivity index (χ4n) is 3.15. The van der Waals surface area contributed by atoms with Crippen molar-refractivity contribution in [1.82, 2.24) is 9.55 Å². The molecule has 4 rings (SSSR count). The number of hydrogen-bond acceptors (Lipinski definition) is 4. The minimum Gasteiger partial charge on any atom is -0.496 e. The molecule has 26 heavy (non-hydrogen) atoms. The van der Waals surface area contributed by atoms with E-state index in [1.165, 1.54) is 4.57 Å². The summed E-state index contributed by atoms with van der Waals surface area (Å²) in [5.74, 6) is 0.774. The zero-order valence-corrected chi connectivity index (χ0v) is 14.2. The van der Waals surface area contributed by atoms with Crippen LogP contribution in [0, 0.1) is 0 Å². The molecule has 0 saturated carbocycles. The molecule has 6 heteroatoms. The lowest BCUT2D eigenvalue weighted by molar-refractivity contribution is 0.413. The smallest absolute Gasteiger partial charge is 0.329 e. The Morgan fingerprint density at radius 3 is 2.73 bits per heavy atom. The second-order valence-electron chi connectivity index (χ2n) is 6.04. The summed E-state index contributed by atoms with van der Waals surface area (Å²) in [4.78, 5) is 32.2. The van der Waals surface area contributed by atoms with E-state index in [2.05, 4.69) is 9.98 Å². The Hall–Kier alpha value is -3.41. The van der Waals surface area contributed by atoms with E-state index in [1.54, 1.807) is 31.4 Å². The van der Waals surface area contributed by atoms with Crippen molar-refractivity contribution in [2.45, 2.75) is 6.54 Å². The van der Waals surface area contributed by atoms with Gasteiger partial charge in [-0.1, -0.05) is 30.3 Å². The molecule has 0 atom stereocenters. The van der Waals surface area contributed by atoms with Crippen LogP contribution < -0.4 is 16.0 Å². The van der Waals surface area contributed by atoms with E-state index < -0.39 is 5.69 Å². The number of hydrogen-bond donors (Lipinski definition) is 1. The fourth-order valence-corrected chi connectivity index (χ4v) is 3.15. The van der Waals surface area contributed by atoms with Gasteiger partial charge in [-0.3, -0.25) is 14.4 Å². The minimum atomic E-state index is -0.435. The van der Waals surface area contributed by atoms with Gasteiger partial charge in [-0.25, -0.2) is 4.79 Å². The summed E-state index contributed by atoms with van der Waals surface area (Å²) in [6.45, 7) is 0.633. The molecule has 1 aliphatic rings. The SMILES string of the molecule is COc1ccccc1C1=CC(Cn2c(=O)[nH]c3ccccc3c2=O)=NC1. The van der Waals surface area contributed by atoms with E-state index in [4.69, 9.17) is 4.74 Å². The summed E-state index contributed by atoms with van der Waals surface area (Å²) < 4.78 is 6.58. The quantitative estimate of drug-likeness (QED) is 0.786. The number of H-pyrrole nitrogens is 1. The number of nitrogens with zero attached hydrogens (tertiary/aromatic N) is 2. The number of rotatable bonds is 4. The molecule has 0 radical (unpaired) electrons. The first kappa shape index (κ1) is 16.1. The van der Waals surface area contributed by atoms with Crippen LogP contribution in [0.4, 0.5) is 0 Å². The lowest BCUT2D eigenvalue weighted by atomic mass is 10.0. The largest absolute Gasteiger partial charge is 0.496 e. The van der Waals surface area contributed by atoms with Crippen LogP contribution in [-0.4, -0.2) is 28.9 Å². The Labute approximate surface area is 149 Å². The molecule has 0 spiro atoms. The number of para-hydroxylation sites is 2. The monoisotopic (exact) mass is 347 g/mol. The molecule has 3 aromatic rings. The van der Waals surface area contributed by atoms with Gasteiger partial charge in [0.15, 0.2) is 0 Å². The highest BCUT2D eigenvalue weighted by molar-refractivity contribution is 6.05. The van der Waals surface area contributed by atoms with Gasteiger partial charge in [0.2, 0.25) is 0 Å². The number of aromatic amines is 1. The van der Waals surface area contributed by atoms with Crippen molar-refractivity contribution in [3.8, 4) is 5.75 Å². The Bertz CT molecular complexity index is 1170. The molecule has 0 amide bonds. The maximum absolute atomic E-state index is 12.6. The highest BCUT2D eigenvalue weighted by Crippen LogP contribution is 2.28. The second-order valence-corrected chi connectivity index (χ2v) is 6.04. The average molecular weight is 347 g/mol. The van der Waals surface area contributed by atoms with E-state index in [9.17, 15) is 9.59 Å². The Balaban J connectivity index is 1.69. The number of allylic oxidation sites excluding steroid dienone is 1. The molecule has 0 bridgehead atoms. The maximum Gasteiger partial charge on any atom is 0.329 e. The number of fused-ring (bicyclic) bond motifs is 1. The Kier molecular flexibility index (Phi) is 4.01. The third-order valence-corrected chi connectivity index (χ3v) is 4.46. The molecule has 0 saturated heterocycles. The van der Waals surface area contributed by atoms with Gasteiger partial charge in [0.1, 0.15) is 5.75 Å². The molecule has 0 unspecified atom stereocenters. The normalized spacial score (nSPS) is 13.6. The minimum absolute atomic E-state index is 0.137. The number of ether oxygens (including phenoxy) is 1. The molecule has 130 valence electrons. The first-order valence-corrected chi connectivity index (χ1v) is 8.26. The van der Waals surface area contributed by atoms with Crippen molar-refractivity contribution in [3.63, 3.8) is 0 Å². The lowest BCUT2D eigenvalue weighted by Crippen LogP contribution is -2.36. The van der Waals surface area contributed by atoms with E-state index in [1.807, 2.05) is 30.3 Å². The molecule has 1 aromatic heterocycles. The number of aromatic nitrogens is 2. The van der Waals surface area contributed by atoms with Crippen LogP contribution >= 0.6 is 0 Å². The van der Waals surface area contributed by atoms with Crippen LogP contribution in [0.15, 0.2) is 69.2 Å². The molecule has 2 aromatic carbocycles. The van der Waals surface area contributed by atoms with Gasteiger partial charge in [0, 0.05) is 5.56 Å². The third kappa shape index (κ3) is 2.75. The summed E-state index contributed by atoms with van der Waals surface area (Å²) in [5, 5.41) is 0.486. The molecule has 1 N–H and O–H groups in total. The summed E-state index contributed by atoms with van der Waals surface area (Å²) in [6, 6.07) is 14.7. The highest BCUT2D eigenvalue weighted by Gasteiger charge is 2.16. The predicted molar refractivity (Wildman–Crippen MR) is 102 cm³/mol. The molecule has 0 aliphatic carbocycles. The van der Waals surface area contributed by atoms with Crippen LogP contribution in [-0.2, 0) is 6.54 Å². The zero-order valence-electron chi connectivity index (χ0n) is 14.2. The van der Waals surface area contributed by atoms with Gasteiger partial charge < -0.3 is 9.72 Å². The zero-order chi connectivity index (χ0) is 18.1. The maximum atomic E-state index is 12.6. The number of nitrogens with one attached hydrogen (secondary N) is 1.